The second-order valence-electron chi connectivity index (χ2n) is 10.6. The molecule has 0 aliphatic carbocycles. The van der Waals surface area contributed by atoms with E-state index >= 15 is 0 Å². The van der Waals surface area contributed by atoms with E-state index < -0.39 is 12.2 Å². The topological polar surface area (TPSA) is 141 Å². The number of carbonyl (C=O) groups excluding carboxylic acids is 2. The Morgan fingerprint density at radius 3 is 2.25 bits per heavy atom. The normalized spacial score (nSPS) is 23.2. The molecular formula is C30H41N3O7. The van der Waals surface area contributed by atoms with Crippen molar-refractivity contribution in [2.45, 2.75) is 82.6 Å². The zero-order chi connectivity index (χ0) is 28.3. The van der Waals surface area contributed by atoms with Gasteiger partial charge in [0.2, 0.25) is 11.8 Å². The Morgan fingerprint density at radius 1 is 0.900 bits per heavy atom. The molecular weight excluding hydrogens is 514 g/mol. The number of carbonyl (C=O) groups is 2. The molecule has 0 radical (unpaired) electrons. The molecule has 2 aromatic carbocycles. The summed E-state index contributed by atoms with van der Waals surface area (Å²) in [5, 5.41) is 30.6. The molecule has 0 saturated carbocycles. The molecule has 4 atom stereocenters. The minimum atomic E-state index is -0.559. The van der Waals surface area contributed by atoms with Crippen molar-refractivity contribution < 1.29 is 34.5 Å². The van der Waals surface area contributed by atoms with Crippen molar-refractivity contribution in [3.05, 3.63) is 70.8 Å². The van der Waals surface area contributed by atoms with E-state index in [4.69, 9.17) is 14.7 Å². The van der Waals surface area contributed by atoms with Crippen molar-refractivity contribution in [3.8, 4) is 0 Å². The molecule has 2 amide bonds. The van der Waals surface area contributed by atoms with Gasteiger partial charge in [0.1, 0.15) is 0 Å². The summed E-state index contributed by atoms with van der Waals surface area (Å²) >= 11 is 0. The van der Waals surface area contributed by atoms with Gasteiger partial charge < -0.3 is 25.0 Å². The van der Waals surface area contributed by atoms with E-state index in [1.807, 2.05) is 48.5 Å². The SMILES string of the molecule is O=C(CCCCC(=O)NCc1ccc(C2OC(CN3CCCC3CO)CC(c3ccc(CO)cc3)O2)cc1)NO. The number of hydrogen-bond donors (Lipinski definition) is 5. The lowest BCUT2D eigenvalue weighted by molar-refractivity contribution is -0.253. The summed E-state index contributed by atoms with van der Waals surface area (Å²) in [6.07, 6.45) is 3.55. The van der Waals surface area contributed by atoms with Crippen molar-refractivity contribution in [2.75, 3.05) is 19.7 Å². The van der Waals surface area contributed by atoms with E-state index in [0.29, 0.717) is 32.2 Å². The first-order valence-corrected chi connectivity index (χ1v) is 14.1. The number of hydrogen-bond acceptors (Lipinski definition) is 8. The van der Waals surface area contributed by atoms with Crippen LogP contribution in [0.2, 0.25) is 0 Å². The van der Waals surface area contributed by atoms with Crippen molar-refractivity contribution in [1.29, 1.82) is 0 Å². The van der Waals surface area contributed by atoms with Crippen LogP contribution in [0.1, 0.15) is 79.6 Å². The maximum Gasteiger partial charge on any atom is 0.243 e. The summed E-state index contributed by atoms with van der Waals surface area (Å²) in [5.74, 6) is -0.539. The molecule has 0 bridgehead atoms. The minimum absolute atomic E-state index is 0.00612. The Bertz CT molecular complexity index is 1080. The Kier molecular flexibility index (Phi) is 11.5. The highest BCUT2D eigenvalue weighted by atomic mass is 16.7. The van der Waals surface area contributed by atoms with E-state index in [-0.39, 0.29) is 43.8 Å². The van der Waals surface area contributed by atoms with Gasteiger partial charge in [-0.1, -0.05) is 48.5 Å². The molecule has 2 aliphatic heterocycles. The number of amides is 2. The molecule has 10 nitrogen and oxygen atoms in total. The van der Waals surface area contributed by atoms with Crippen molar-refractivity contribution in [3.63, 3.8) is 0 Å². The van der Waals surface area contributed by atoms with Crippen LogP contribution < -0.4 is 10.8 Å². The molecule has 2 aliphatic rings. The second-order valence-corrected chi connectivity index (χ2v) is 10.6. The zero-order valence-corrected chi connectivity index (χ0v) is 22.8. The maximum absolute atomic E-state index is 12.1. The third kappa shape index (κ3) is 8.57. The molecule has 2 saturated heterocycles. The third-order valence-electron chi connectivity index (χ3n) is 7.69. The minimum Gasteiger partial charge on any atom is -0.395 e. The van der Waals surface area contributed by atoms with E-state index in [1.165, 1.54) is 0 Å². The fourth-order valence-corrected chi connectivity index (χ4v) is 5.35. The molecule has 2 aromatic rings. The molecule has 218 valence electrons. The number of rotatable bonds is 13. The van der Waals surface area contributed by atoms with Gasteiger partial charge in [0, 0.05) is 44.0 Å². The van der Waals surface area contributed by atoms with Crippen LogP contribution in [0.5, 0.6) is 0 Å². The number of benzene rings is 2. The maximum atomic E-state index is 12.1. The van der Waals surface area contributed by atoms with Crippen molar-refractivity contribution in [2.24, 2.45) is 0 Å². The van der Waals surface area contributed by atoms with E-state index in [9.17, 15) is 19.8 Å². The Labute approximate surface area is 235 Å². The van der Waals surface area contributed by atoms with Gasteiger partial charge in [-0.2, -0.15) is 0 Å². The first-order chi connectivity index (χ1) is 19.5. The molecule has 10 heteroatoms. The molecule has 2 fully saturated rings. The molecule has 0 aromatic heterocycles. The predicted octanol–water partition coefficient (Wildman–Crippen LogP) is 2.86. The van der Waals surface area contributed by atoms with Gasteiger partial charge in [-0.25, -0.2) is 5.48 Å². The first kappa shape index (κ1) is 30.1. The molecule has 4 rings (SSSR count). The molecule has 5 N–H and O–H groups in total. The number of hydroxylamine groups is 1. The van der Waals surface area contributed by atoms with Crippen molar-refractivity contribution in [1.82, 2.24) is 15.7 Å². The van der Waals surface area contributed by atoms with E-state index in [1.54, 1.807) is 5.48 Å². The van der Waals surface area contributed by atoms with Crippen LogP contribution in [-0.4, -0.2) is 64.0 Å². The number of aliphatic hydroxyl groups is 2. The molecule has 40 heavy (non-hydrogen) atoms. The molecule has 4 unspecified atom stereocenters. The van der Waals surface area contributed by atoms with Crippen LogP contribution in [-0.2, 0) is 32.2 Å². The van der Waals surface area contributed by atoms with Crippen LogP contribution in [0.25, 0.3) is 0 Å². The van der Waals surface area contributed by atoms with Gasteiger partial charge in [-0.05, 0) is 48.9 Å². The number of aliphatic hydroxyl groups excluding tert-OH is 2. The van der Waals surface area contributed by atoms with Crippen LogP contribution in [0.4, 0.5) is 0 Å². The zero-order valence-electron chi connectivity index (χ0n) is 22.8. The second kappa shape index (κ2) is 15.2. The van der Waals surface area contributed by atoms with Gasteiger partial charge >= 0.3 is 0 Å². The van der Waals surface area contributed by atoms with Crippen LogP contribution in [0.15, 0.2) is 48.5 Å². The quantitative estimate of drug-likeness (QED) is 0.144. The standard InChI is InChI=1S/C30H41N3O7/c34-19-22-9-11-23(12-10-22)27-16-26(18-33-15-3-4-25(33)20-35)39-30(40-27)24-13-7-21(8-14-24)17-31-28(36)5-1-2-6-29(37)32-38/h7-14,25-27,30,34-35,38H,1-6,15-20H2,(H,31,36)(H,32,37). The highest BCUT2D eigenvalue weighted by molar-refractivity contribution is 5.76. The predicted molar refractivity (Wildman–Crippen MR) is 147 cm³/mol. The van der Waals surface area contributed by atoms with Crippen LogP contribution in [0, 0.1) is 0 Å². The van der Waals surface area contributed by atoms with Gasteiger partial charge in [0.05, 0.1) is 25.4 Å². The van der Waals surface area contributed by atoms with E-state index in [2.05, 4.69) is 10.2 Å². The number of nitrogens with zero attached hydrogens (tertiary/aromatic N) is 1. The average Bonchev–Trinajstić information content (AvgIpc) is 3.45. The lowest BCUT2D eigenvalue weighted by Gasteiger charge is -2.38. The fraction of sp³-hybridized carbons (Fsp3) is 0.533. The number of nitrogens with one attached hydrogen (secondary N) is 2. The highest BCUT2D eigenvalue weighted by Gasteiger charge is 2.35. The van der Waals surface area contributed by atoms with Crippen LogP contribution >= 0.6 is 0 Å². The molecule has 2 heterocycles. The third-order valence-corrected chi connectivity index (χ3v) is 7.69. The fourth-order valence-electron chi connectivity index (χ4n) is 5.35. The molecule has 0 spiro atoms. The summed E-state index contributed by atoms with van der Waals surface area (Å²) in [4.78, 5) is 25.5. The lowest BCUT2D eigenvalue weighted by Crippen LogP contribution is -2.42. The smallest absolute Gasteiger partial charge is 0.243 e. The first-order valence-electron chi connectivity index (χ1n) is 14.1. The highest BCUT2D eigenvalue weighted by Crippen LogP contribution is 2.38. The monoisotopic (exact) mass is 555 g/mol. The summed E-state index contributed by atoms with van der Waals surface area (Å²) in [6, 6.07) is 15.8. The lowest BCUT2D eigenvalue weighted by atomic mass is 9.99. The average molecular weight is 556 g/mol. The summed E-state index contributed by atoms with van der Waals surface area (Å²) in [6.45, 7) is 2.21. The van der Waals surface area contributed by atoms with Gasteiger partial charge in [0.15, 0.2) is 6.29 Å². The Balaban J connectivity index is 1.36. The summed E-state index contributed by atoms with van der Waals surface area (Å²) in [7, 11) is 0. The van der Waals surface area contributed by atoms with E-state index in [0.717, 1.165) is 48.2 Å². The summed E-state index contributed by atoms with van der Waals surface area (Å²) < 4.78 is 12.9. The van der Waals surface area contributed by atoms with Crippen LogP contribution in [0.3, 0.4) is 0 Å². The largest absolute Gasteiger partial charge is 0.395 e. The van der Waals surface area contributed by atoms with Gasteiger partial charge in [0.25, 0.3) is 0 Å². The Morgan fingerprint density at radius 2 is 1.57 bits per heavy atom. The van der Waals surface area contributed by atoms with Gasteiger partial charge in [-0.15, -0.1) is 0 Å². The van der Waals surface area contributed by atoms with Crippen molar-refractivity contribution >= 4 is 11.8 Å². The number of likely N-dealkylation sites (tertiary alicyclic amines) is 1. The Hall–Kier alpha value is -2.86. The van der Waals surface area contributed by atoms with Gasteiger partial charge in [-0.3, -0.25) is 19.7 Å². The number of ether oxygens (including phenoxy) is 2. The summed E-state index contributed by atoms with van der Waals surface area (Å²) in [5.41, 5.74) is 5.31. The number of unbranched alkanes of at least 4 members (excludes halogenated alkanes) is 1.